The van der Waals surface area contributed by atoms with Crippen molar-refractivity contribution in [2.24, 2.45) is 11.8 Å². The van der Waals surface area contributed by atoms with E-state index in [2.05, 4.69) is 0 Å². The predicted molar refractivity (Wildman–Crippen MR) is 52.6 cm³/mol. The Morgan fingerprint density at radius 2 is 2.00 bits per heavy atom. The van der Waals surface area contributed by atoms with Crippen LogP contribution in [-0.4, -0.2) is 11.1 Å². The van der Waals surface area contributed by atoms with E-state index in [0.29, 0.717) is 5.92 Å². The fourth-order valence-electron chi connectivity index (χ4n) is 2.27. The van der Waals surface area contributed by atoms with Gasteiger partial charge in [-0.2, -0.15) is 0 Å². The molecule has 76 valence electrons. The summed E-state index contributed by atoms with van der Waals surface area (Å²) in [6.07, 6.45) is 8.16. The van der Waals surface area contributed by atoms with Gasteiger partial charge in [-0.15, -0.1) is 0 Å². The van der Waals surface area contributed by atoms with Gasteiger partial charge in [-0.05, 0) is 18.8 Å². The number of hydrogen-bond acceptors (Lipinski definition) is 1. The van der Waals surface area contributed by atoms with Gasteiger partial charge in [0.2, 0.25) is 0 Å². The molecule has 0 saturated heterocycles. The van der Waals surface area contributed by atoms with Gasteiger partial charge >= 0.3 is 5.97 Å². The van der Waals surface area contributed by atoms with E-state index in [1.807, 2.05) is 6.92 Å². The van der Waals surface area contributed by atoms with Gasteiger partial charge < -0.3 is 5.11 Å². The molecule has 0 aromatic rings. The van der Waals surface area contributed by atoms with E-state index in [1.54, 1.807) is 0 Å². The van der Waals surface area contributed by atoms with Crippen molar-refractivity contribution in [3.05, 3.63) is 0 Å². The van der Waals surface area contributed by atoms with E-state index in [1.165, 1.54) is 32.1 Å². The zero-order chi connectivity index (χ0) is 9.68. The second kappa shape index (κ2) is 5.25. The fraction of sp³-hybridized carbons (Fsp3) is 0.909. The molecule has 2 heteroatoms. The maximum atomic E-state index is 10.8. The van der Waals surface area contributed by atoms with Gasteiger partial charge in [-0.3, -0.25) is 4.79 Å². The third-order valence-electron chi connectivity index (χ3n) is 3.18. The van der Waals surface area contributed by atoms with E-state index in [0.717, 1.165) is 12.8 Å². The molecule has 0 bridgehead atoms. The lowest BCUT2D eigenvalue weighted by Crippen LogP contribution is -2.18. The minimum atomic E-state index is -0.604. The van der Waals surface area contributed by atoms with Gasteiger partial charge in [-0.25, -0.2) is 0 Å². The van der Waals surface area contributed by atoms with Crippen LogP contribution in [0, 0.1) is 11.8 Å². The molecule has 1 atom stereocenters. The highest BCUT2D eigenvalue weighted by atomic mass is 16.4. The van der Waals surface area contributed by atoms with Crippen molar-refractivity contribution in [2.75, 3.05) is 0 Å². The lowest BCUT2D eigenvalue weighted by Gasteiger charge is -2.23. The topological polar surface area (TPSA) is 37.3 Å². The van der Waals surface area contributed by atoms with Gasteiger partial charge in [0.05, 0.1) is 5.92 Å². The van der Waals surface area contributed by atoms with Crippen molar-refractivity contribution in [2.45, 2.75) is 51.9 Å². The monoisotopic (exact) mass is 184 g/mol. The lowest BCUT2D eigenvalue weighted by atomic mass is 9.82. The van der Waals surface area contributed by atoms with Gasteiger partial charge in [-0.1, -0.05) is 39.0 Å². The van der Waals surface area contributed by atoms with E-state index in [-0.39, 0.29) is 5.92 Å². The summed E-state index contributed by atoms with van der Waals surface area (Å²) < 4.78 is 0. The van der Waals surface area contributed by atoms with Crippen molar-refractivity contribution < 1.29 is 9.90 Å². The zero-order valence-corrected chi connectivity index (χ0v) is 8.46. The Kier molecular flexibility index (Phi) is 4.26. The van der Waals surface area contributed by atoms with Crippen LogP contribution in [0.5, 0.6) is 0 Å². The molecule has 0 aromatic carbocycles. The van der Waals surface area contributed by atoms with Crippen LogP contribution in [0.1, 0.15) is 51.9 Å². The molecule has 0 radical (unpaired) electrons. The molecule has 1 fully saturated rings. The van der Waals surface area contributed by atoms with Crippen molar-refractivity contribution in [1.29, 1.82) is 0 Å². The molecule has 13 heavy (non-hydrogen) atoms. The Morgan fingerprint density at radius 1 is 1.38 bits per heavy atom. The molecule has 0 aromatic heterocycles. The number of carboxylic acids is 1. The highest BCUT2D eigenvalue weighted by molar-refractivity contribution is 5.69. The van der Waals surface area contributed by atoms with Crippen LogP contribution in [0.25, 0.3) is 0 Å². The Bertz CT molecular complexity index is 159. The van der Waals surface area contributed by atoms with Crippen LogP contribution >= 0.6 is 0 Å². The molecule has 1 aliphatic rings. The summed E-state index contributed by atoms with van der Waals surface area (Å²) in [4.78, 5) is 10.8. The minimum Gasteiger partial charge on any atom is -0.481 e. The molecule has 1 saturated carbocycles. The molecule has 0 amide bonds. The molecule has 0 spiro atoms. The third kappa shape index (κ3) is 3.37. The van der Waals surface area contributed by atoms with Gasteiger partial charge in [0.1, 0.15) is 0 Å². The number of rotatable bonds is 4. The largest absolute Gasteiger partial charge is 0.481 e. The summed E-state index contributed by atoms with van der Waals surface area (Å²) in [6.45, 7) is 1.97. The Balaban J connectivity index is 2.31. The van der Waals surface area contributed by atoms with Crippen molar-refractivity contribution >= 4 is 5.97 Å². The molecule has 0 heterocycles. The van der Waals surface area contributed by atoms with Crippen LogP contribution in [0.15, 0.2) is 0 Å². The average molecular weight is 184 g/mol. The van der Waals surface area contributed by atoms with Crippen LogP contribution in [0.2, 0.25) is 0 Å². The van der Waals surface area contributed by atoms with Crippen LogP contribution < -0.4 is 0 Å². The Labute approximate surface area is 80.3 Å². The second-order valence-electron chi connectivity index (χ2n) is 4.18. The van der Waals surface area contributed by atoms with E-state index in [4.69, 9.17) is 5.11 Å². The Hall–Kier alpha value is -0.530. The summed E-state index contributed by atoms with van der Waals surface area (Å²) in [5.74, 6) is -0.00836. The van der Waals surface area contributed by atoms with Crippen LogP contribution in [0.3, 0.4) is 0 Å². The smallest absolute Gasteiger partial charge is 0.306 e. The molecule has 0 aliphatic heterocycles. The summed E-state index contributed by atoms with van der Waals surface area (Å²) in [6, 6.07) is 0. The summed E-state index contributed by atoms with van der Waals surface area (Å²) in [5, 5.41) is 8.90. The fourth-order valence-corrected chi connectivity index (χ4v) is 2.27. The van der Waals surface area contributed by atoms with Crippen molar-refractivity contribution in [3.8, 4) is 0 Å². The third-order valence-corrected chi connectivity index (χ3v) is 3.18. The molecule has 1 rings (SSSR count). The van der Waals surface area contributed by atoms with Gasteiger partial charge in [0.25, 0.3) is 0 Å². The quantitative estimate of drug-likeness (QED) is 0.729. The predicted octanol–water partition coefficient (Wildman–Crippen LogP) is 3.07. The van der Waals surface area contributed by atoms with E-state index >= 15 is 0 Å². The molecule has 2 nitrogen and oxygen atoms in total. The van der Waals surface area contributed by atoms with E-state index in [9.17, 15) is 4.79 Å². The maximum Gasteiger partial charge on any atom is 0.306 e. The highest BCUT2D eigenvalue weighted by Gasteiger charge is 2.22. The number of aliphatic carboxylic acids is 1. The first-order valence-corrected chi connectivity index (χ1v) is 5.46. The summed E-state index contributed by atoms with van der Waals surface area (Å²) in [5.41, 5.74) is 0. The Morgan fingerprint density at radius 3 is 2.46 bits per heavy atom. The van der Waals surface area contributed by atoms with Crippen molar-refractivity contribution in [1.82, 2.24) is 0 Å². The lowest BCUT2D eigenvalue weighted by molar-refractivity contribution is -0.142. The van der Waals surface area contributed by atoms with Crippen LogP contribution in [0.4, 0.5) is 0 Å². The first-order valence-electron chi connectivity index (χ1n) is 5.46. The molecule has 1 unspecified atom stereocenters. The van der Waals surface area contributed by atoms with E-state index < -0.39 is 5.97 Å². The normalized spacial score (nSPS) is 21.3. The van der Waals surface area contributed by atoms with Crippen LogP contribution in [-0.2, 0) is 4.79 Å². The number of carboxylic acid groups (broad SMARTS) is 1. The first-order chi connectivity index (χ1) is 6.24. The zero-order valence-electron chi connectivity index (χ0n) is 8.46. The number of carbonyl (C=O) groups is 1. The minimum absolute atomic E-state index is 0.0944. The number of hydrogen-bond donors (Lipinski definition) is 1. The molecular formula is C11H20O2. The average Bonchev–Trinajstić information content (AvgIpc) is 2.15. The maximum absolute atomic E-state index is 10.8. The molecule has 1 N–H and O–H groups in total. The molecule has 1 aliphatic carbocycles. The standard InChI is InChI=1S/C11H20O2/c1-2-10(11(12)13)8-9-6-4-3-5-7-9/h9-10H,2-8H2,1H3,(H,12,13). The first kappa shape index (κ1) is 10.6. The molecular weight excluding hydrogens is 164 g/mol. The second-order valence-corrected chi connectivity index (χ2v) is 4.18. The summed E-state index contributed by atoms with van der Waals surface area (Å²) in [7, 11) is 0. The van der Waals surface area contributed by atoms with Gasteiger partial charge in [0, 0.05) is 0 Å². The summed E-state index contributed by atoms with van der Waals surface area (Å²) >= 11 is 0. The van der Waals surface area contributed by atoms with Crippen molar-refractivity contribution in [3.63, 3.8) is 0 Å². The highest BCUT2D eigenvalue weighted by Crippen LogP contribution is 2.29. The SMILES string of the molecule is CCC(CC1CCCCC1)C(=O)O. The van der Waals surface area contributed by atoms with Gasteiger partial charge in [0.15, 0.2) is 0 Å².